The van der Waals surface area contributed by atoms with Crippen molar-refractivity contribution in [3.8, 4) is 5.69 Å². The first-order valence-electron chi connectivity index (χ1n) is 4.46. The summed E-state index contributed by atoms with van der Waals surface area (Å²) in [6.07, 6.45) is 3.66. The molecule has 6 heteroatoms. The molecule has 0 unspecified atom stereocenters. The highest BCUT2D eigenvalue weighted by Crippen LogP contribution is 2.29. The van der Waals surface area contributed by atoms with Crippen LogP contribution in [0.15, 0.2) is 29.3 Å². The van der Waals surface area contributed by atoms with Gasteiger partial charge in [-0.1, -0.05) is 23.2 Å². The van der Waals surface area contributed by atoms with Crippen LogP contribution in [0.25, 0.3) is 5.69 Å². The molecule has 0 bridgehead atoms. The smallest absolute Gasteiger partial charge is 0.141 e. The summed E-state index contributed by atoms with van der Waals surface area (Å²) in [5, 5.41) is 5.30. The molecule has 0 atom stereocenters. The van der Waals surface area contributed by atoms with Crippen LogP contribution in [0.3, 0.4) is 0 Å². The Hall–Kier alpha value is -0.840. The molecule has 1 heterocycles. The molecule has 0 aliphatic carbocycles. The topological polar surface area (TPSA) is 43.8 Å². The summed E-state index contributed by atoms with van der Waals surface area (Å²) >= 11 is 13.5. The Balaban J connectivity index is 2.54. The van der Waals surface area contributed by atoms with Crippen molar-refractivity contribution in [1.82, 2.24) is 9.78 Å². The molecule has 2 N–H and O–H groups in total. The van der Waals surface area contributed by atoms with E-state index in [0.29, 0.717) is 15.9 Å². The molecule has 16 heavy (non-hydrogen) atoms. The van der Waals surface area contributed by atoms with Crippen molar-refractivity contribution in [3.05, 3.63) is 34.4 Å². The SMILES string of the molecule is CSc1cnn(-c2ccc(Cl)cc2Cl)c1N. The zero-order chi connectivity index (χ0) is 11.7. The monoisotopic (exact) mass is 273 g/mol. The highest BCUT2D eigenvalue weighted by atomic mass is 35.5. The second-order valence-corrected chi connectivity index (χ2v) is 4.80. The number of nitrogens with zero attached hydrogens (tertiary/aromatic N) is 2. The van der Waals surface area contributed by atoms with Gasteiger partial charge in [0.25, 0.3) is 0 Å². The number of halogens is 2. The van der Waals surface area contributed by atoms with E-state index in [-0.39, 0.29) is 0 Å². The Bertz CT molecular complexity index is 525. The Morgan fingerprint density at radius 2 is 2.12 bits per heavy atom. The standard InChI is InChI=1S/C10H9Cl2N3S/c1-16-9-5-14-15(10(9)13)8-3-2-6(11)4-7(8)12/h2-5H,13H2,1H3. The fourth-order valence-corrected chi connectivity index (χ4v) is 2.28. The summed E-state index contributed by atoms with van der Waals surface area (Å²) in [6.45, 7) is 0. The summed E-state index contributed by atoms with van der Waals surface area (Å²) in [4.78, 5) is 0.922. The summed E-state index contributed by atoms with van der Waals surface area (Å²) in [7, 11) is 0. The van der Waals surface area contributed by atoms with Crippen molar-refractivity contribution < 1.29 is 0 Å². The number of benzene rings is 1. The fraction of sp³-hybridized carbons (Fsp3) is 0.100. The Morgan fingerprint density at radius 1 is 1.38 bits per heavy atom. The van der Waals surface area contributed by atoms with Gasteiger partial charge in [-0.05, 0) is 24.5 Å². The van der Waals surface area contributed by atoms with Crippen LogP contribution in [0, 0.1) is 0 Å². The maximum atomic E-state index is 6.08. The molecule has 0 amide bonds. The maximum absolute atomic E-state index is 6.08. The third-order valence-corrected chi connectivity index (χ3v) is 3.42. The van der Waals surface area contributed by atoms with Crippen LogP contribution in [-0.2, 0) is 0 Å². The Labute approximate surface area is 108 Å². The predicted octanol–water partition coefficient (Wildman–Crippen LogP) is 3.48. The third kappa shape index (κ3) is 2.00. The van der Waals surface area contributed by atoms with Crippen molar-refractivity contribution >= 4 is 40.8 Å². The van der Waals surface area contributed by atoms with Gasteiger partial charge >= 0.3 is 0 Å². The first kappa shape index (κ1) is 11.6. The van der Waals surface area contributed by atoms with Crippen molar-refractivity contribution in [2.24, 2.45) is 0 Å². The van der Waals surface area contributed by atoms with Crippen molar-refractivity contribution in [2.75, 3.05) is 12.0 Å². The number of hydrogen-bond donors (Lipinski definition) is 1. The number of hydrogen-bond acceptors (Lipinski definition) is 3. The van der Waals surface area contributed by atoms with Crippen LogP contribution in [-0.4, -0.2) is 16.0 Å². The van der Waals surface area contributed by atoms with Gasteiger partial charge in [-0.25, -0.2) is 4.68 Å². The zero-order valence-electron chi connectivity index (χ0n) is 8.45. The number of nitrogens with two attached hydrogens (primary N) is 1. The molecular weight excluding hydrogens is 265 g/mol. The van der Waals surface area contributed by atoms with Gasteiger partial charge in [-0.2, -0.15) is 5.10 Å². The number of anilines is 1. The van der Waals surface area contributed by atoms with E-state index in [1.165, 1.54) is 0 Å². The lowest BCUT2D eigenvalue weighted by Gasteiger charge is -2.07. The minimum atomic E-state index is 0.523. The molecule has 2 rings (SSSR count). The van der Waals surface area contributed by atoms with Gasteiger partial charge in [0, 0.05) is 5.02 Å². The van der Waals surface area contributed by atoms with Crippen LogP contribution >= 0.6 is 35.0 Å². The molecule has 1 aromatic carbocycles. The number of thioether (sulfide) groups is 1. The fourth-order valence-electron chi connectivity index (χ4n) is 1.35. The summed E-state index contributed by atoms with van der Waals surface area (Å²) in [5.41, 5.74) is 6.67. The molecule has 84 valence electrons. The van der Waals surface area contributed by atoms with Gasteiger partial charge in [0.15, 0.2) is 0 Å². The van der Waals surface area contributed by atoms with E-state index < -0.39 is 0 Å². The van der Waals surface area contributed by atoms with Crippen LogP contribution in [0.1, 0.15) is 0 Å². The molecule has 0 aliphatic rings. The van der Waals surface area contributed by atoms with Gasteiger partial charge < -0.3 is 5.73 Å². The molecule has 0 spiro atoms. The van der Waals surface area contributed by atoms with Crippen LogP contribution < -0.4 is 5.73 Å². The van der Waals surface area contributed by atoms with Crippen molar-refractivity contribution in [1.29, 1.82) is 0 Å². The Kier molecular flexibility index (Phi) is 3.33. The van der Waals surface area contributed by atoms with E-state index in [2.05, 4.69) is 5.10 Å². The molecule has 2 aromatic rings. The average Bonchev–Trinajstić information content (AvgIpc) is 2.60. The molecule has 0 saturated carbocycles. The van der Waals surface area contributed by atoms with Crippen LogP contribution in [0.5, 0.6) is 0 Å². The molecule has 0 saturated heterocycles. The molecule has 1 aromatic heterocycles. The number of rotatable bonds is 2. The van der Waals surface area contributed by atoms with E-state index >= 15 is 0 Å². The molecule has 3 nitrogen and oxygen atoms in total. The lowest BCUT2D eigenvalue weighted by atomic mass is 10.3. The maximum Gasteiger partial charge on any atom is 0.141 e. The molecule has 0 fully saturated rings. The van der Waals surface area contributed by atoms with Gasteiger partial charge in [0.2, 0.25) is 0 Å². The molecular formula is C10H9Cl2N3S. The predicted molar refractivity (Wildman–Crippen MR) is 69.8 cm³/mol. The average molecular weight is 274 g/mol. The van der Waals surface area contributed by atoms with E-state index in [1.807, 2.05) is 6.26 Å². The lowest BCUT2D eigenvalue weighted by Crippen LogP contribution is -2.02. The van der Waals surface area contributed by atoms with E-state index in [4.69, 9.17) is 28.9 Å². The van der Waals surface area contributed by atoms with Gasteiger partial charge in [0.05, 0.1) is 21.8 Å². The summed E-state index contributed by atoms with van der Waals surface area (Å²) in [6, 6.07) is 5.21. The second-order valence-electron chi connectivity index (χ2n) is 3.11. The van der Waals surface area contributed by atoms with Gasteiger partial charge in [0.1, 0.15) is 5.82 Å². The number of aromatic nitrogens is 2. The largest absolute Gasteiger partial charge is 0.383 e. The van der Waals surface area contributed by atoms with Gasteiger partial charge in [-0.3, -0.25) is 0 Å². The quantitative estimate of drug-likeness (QED) is 0.852. The Morgan fingerprint density at radius 3 is 2.69 bits per heavy atom. The first-order chi connectivity index (χ1) is 7.63. The van der Waals surface area contributed by atoms with E-state index in [9.17, 15) is 0 Å². The normalized spacial score (nSPS) is 10.7. The minimum Gasteiger partial charge on any atom is -0.383 e. The third-order valence-electron chi connectivity index (χ3n) is 2.13. The molecule has 0 aliphatic heterocycles. The van der Waals surface area contributed by atoms with Gasteiger partial charge in [-0.15, -0.1) is 11.8 Å². The second kappa shape index (κ2) is 4.57. The van der Waals surface area contributed by atoms with E-state index in [1.54, 1.807) is 40.8 Å². The van der Waals surface area contributed by atoms with E-state index in [0.717, 1.165) is 10.6 Å². The first-order valence-corrected chi connectivity index (χ1v) is 6.44. The minimum absolute atomic E-state index is 0.523. The van der Waals surface area contributed by atoms with Crippen LogP contribution in [0.2, 0.25) is 10.0 Å². The number of nitrogen functional groups attached to an aromatic ring is 1. The lowest BCUT2D eigenvalue weighted by molar-refractivity contribution is 0.891. The zero-order valence-corrected chi connectivity index (χ0v) is 10.8. The summed E-state index contributed by atoms with van der Waals surface area (Å²) in [5.74, 6) is 0.580. The molecule has 0 radical (unpaired) electrons. The highest BCUT2D eigenvalue weighted by molar-refractivity contribution is 7.98. The van der Waals surface area contributed by atoms with Crippen LogP contribution in [0.4, 0.5) is 5.82 Å². The summed E-state index contributed by atoms with van der Waals surface area (Å²) < 4.78 is 1.60. The van der Waals surface area contributed by atoms with Crippen molar-refractivity contribution in [2.45, 2.75) is 4.90 Å². The van der Waals surface area contributed by atoms with Crippen molar-refractivity contribution in [3.63, 3.8) is 0 Å². The highest BCUT2D eigenvalue weighted by Gasteiger charge is 2.11.